The number of aliphatic hydroxyl groups is 7. The van der Waals surface area contributed by atoms with Gasteiger partial charge in [0.1, 0.15) is 67.0 Å². The van der Waals surface area contributed by atoms with E-state index >= 15 is 0 Å². The first-order valence-corrected chi connectivity index (χ1v) is 17.4. The summed E-state index contributed by atoms with van der Waals surface area (Å²) < 4.78 is 40.2. The van der Waals surface area contributed by atoms with Crippen molar-refractivity contribution >= 4 is 17.8 Å². The number of carbonyl (C=O) groups excluding carboxylic acids is 3. The van der Waals surface area contributed by atoms with Crippen LogP contribution in [0.1, 0.15) is 66.2 Å². The van der Waals surface area contributed by atoms with Gasteiger partial charge in [-0.05, 0) is 19.8 Å². The van der Waals surface area contributed by atoms with Crippen LogP contribution in [0.25, 0.3) is 0 Å². The molecule has 0 spiro atoms. The fraction of sp³-hybridized carbons (Fsp3) is 0.906. The molecule has 3 saturated heterocycles. The Kier molecular flexibility index (Phi) is 17.8. The van der Waals surface area contributed by atoms with Gasteiger partial charge in [0.15, 0.2) is 18.9 Å². The number of carbonyl (C=O) groups is 3. The Bertz CT molecular complexity index is 1090. The normalized spacial score (nSPS) is 38.5. The Morgan fingerprint density at radius 3 is 1.76 bits per heavy atom. The van der Waals surface area contributed by atoms with Crippen LogP contribution in [-0.2, 0) is 47.5 Å². The highest BCUT2D eigenvalue weighted by Gasteiger charge is 2.52. The molecule has 0 bridgehead atoms. The minimum Gasteiger partial charge on any atom is -0.466 e. The van der Waals surface area contributed by atoms with Crippen molar-refractivity contribution in [2.75, 3.05) is 26.4 Å². The number of aliphatic hydroxyl groups excluding tert-OH is 7. The van der Waals surface area contributed by atoms with Gasteiger partial charge in [0.2, 0.25) is 11.8 Å². The van der Waals surface area contributed by atoms with Crippen LogP contribution in [0.2, 0.25) is 0 Å². The molecular weight excluding hydrogens is 684 g/mol. The standard InChI is InChI=1S/C32H56N2O17/c1-15-23(39)27(43)28(44)32(48-15)47-14-20-29(51-31-21(33-16(2)36)25(41)24(40)19(13-35)49-31)26(42)22(34-17(3)37)30(50-20)46-12-10-8-6-5-7-9-11-45-18(4)38/h15,19-32,35,39-44H,5-14H2,1-4H3,(H,33,36)(H,34,37). The molecule has 0 saturated carbocycles. The quantitative estimate of drug-likeness (QED) is 0.0491. The predicted octanol–water partition coefficient (Wildman–Crippen LogP) is -3.33. The summed E-state index contributed by atoms with van der Waals surface area (Å²) in [5.74, 6) is -1.47. The van der Waals surface area contributed by atoms with Crippen LogP contribution in [0.4, 0.5) is 0 Å². The summed E-state index contributed by atoms with van der Waals surface area (Å²) in [6, 6.07) is -2.60. The monoisotopic (exact) mass is 740 g/mol. The summed E-state index contributed by atoms with van der Waals surface area (Å²) in [6.45, 7) is 4.54. The Morgan fingerprint density at radius 1 is 0.608 bits per heavy atom. The molecule has 19 nitrogen and oxygen atoms in total. The van der Waals surface area contributed by atoms with Crippen LogP contribution < -0.4 is 10.6 Å². The fourth-order valence-electron chi connectivity index (χ4n) is 6.16. The summed E-state index contributed by atoms with van der Waals surface area (Å²) in [5, 5.41) is 78.7. The number of ether oxygens (including phenoxy) is 7. The molecule has 15 atom stereocenters. The van der Waals surface area contributed by atoms with Crippen molar-refractivity contribution in [1.29, 1.82) is 0 Å². The first-order valence-electron chi connectivity index (χ1n) is 17.4. The second-order valence-electron chi connectivity index (χ2n) is 13.1. The average molecular weight is 741 g/mol. The molecule has 0 aliphatic carbocycles. The molecule has 0 radical (unpaired) electrons. The average Bonchev–Trinajstić information content (AvgIpc) is 3.07. The van der Waals surface area contributed by atoms with Crippen LogP contribution in [0.15, 0.2) is 0 Å². The van der Waals surface area contributed by atoms with E-state index in [0.717, 1.165) is 39.0 Å². The Morgan fingerprint density at radius 2 is 1.18 bits per heavy atom. The van der Waals surface area contributed by atoms with Crippen molar-refractivity contribution < 1.29 is 83.3 Å². The molecule has 296 valence electrons. The number of esters is 1. The number of hydrogen-bond donors (Lipinski definition) is 9. The lowest BCUT2D eigenvalue weighted by Crippen LogP contribution is -2.69. The molecule has 0 aromatic heterocycles. The predicted molar refractivity (Wildman–Crippen MR) is 171 cm³/mol. The molecule has 3 aliphatic rings. The van der Waals surface area contributed by atoms with Gasteiger partial charge in [-0.15, -0.1) is 0 Å². The SMILES string of the molecule is CC(=O)NC1C(OC2C(COC3OC(C)C(O)C(O)C3O)OC(OCCCCCCCCOC(C)=O)C(NC(C)=O)C2O)OC(CO)C(O)C1O. The van der Waals surface area contributed by atoms with E-state index in [1.54, 1.807) is 0 Å². The molecule has 3 aliphatic heterocycles. The lowest BCUT2D eigenvalue weighted by Gasteiger charge is -2.48. The maximum Gasteiger partial charge on any atom is 0.302 e. The van der Waals surface area contributed by atoms with E-state index < -0.39 is 117 Å². The van der Waals surface area contributed by atoms with Crippen molar-refractivity contribution in [2.24, 2.45) is 0 Å². The first-order chi connectivity index (χ1) is 24.2. The van der Waals surface area contributed by atoms with Gasteiger partial charge in [0.25, 0.3) is 0 Å². The number of unbranched alkanes of at least 4 members (excludes halogenated alkanes) is 5. The zero-order chi connectivity index (χ0) is 37.8. The van der Waals surface area contributed by atoms with Crippen LogP contribution in [0.3, 0.4) is 0 Å². The largest absolute Gasteiger partial charge is 0.466 e. The zero-order valence-electron chi connectivity index (χ0n) is 29.4. The first kappa shape index (κ1) is 43.3. The molecular formula is C32H56N2O17. The van der Waals surface area contributed by atoms with E-state index in [-0.39, 0.29) is 12.6 Å². The maximum atomic E-state index is 12.3. The summed E-state index contributed by atoms with van der Waals surface area (Å²) in [5.41, 5.74) is 0. The summed E-state index contributed by atoms with van der Waals surface area (Å²) in [6.07, 6.45) is -14.0. The van der Waals surface area contributed by atoms with Crippen LogP contribution in [-0.4, -0.2) is 172 Å². The smallest absolute Gasteiger partial charge is 0.302 e. The molecule has 3 fully saturated rings. The van der Waals surface area contributed by atoms with Gasteiger partial charge in [0.05, 0.1) is 25.9 Å². The van der Waals surface area contributed by atoms with Crippen molar-refractivity contribution in [3.63, 3.8) is 0 Å². The number of hydrogen-bond acceptors (Lipinski definition) is 17. The third kappa shape index (κ3) is 12.5. The molecule has 0 aromatic rings. The molecule has 15 unspecified atom stereocenters. The third-order valence-corrected chi connectivity index (χ3v) is 8.94. The van der Waals surface area contributed by atoms with Gasteiger partial charge in [0, 0.05) is 27.4 Å². The Hall–Kier alpha value is -2.11. The summed E-state index contributed by atoms with van der Waals surface area (Å²) in [7, 11) is 0. The van der Waals surface area contributed by atoms with Gasteiger partial charge in [-0.3, -0.25) is 14.4 Å². The lowest BCUT2D eigenvalue weighted by atomic mass is 9.94. The highest BCUT2D eigenvalue weighted by Crippen LogP contribution is 2.31. The summed E-state index contributed by atoms with van der Waals surface area (Å²) >= 11 is 0. The number of rotatable bonds is 18. The molecule has 0 aromatic carbocycles. The Labute approximate surface area is 296 Å². The van der Waals surface area contributed by atoms with E-state index in [9.17, 15) is 50.1 Å². The van der Waals surface area contributed by atoms with Gasteiger partial charge in [-0.25, -0.2) is 0 Å². The highest BCUT2D eigenvalue weighted by molar-refractivity contribution is 5.73. The van der Waals surface area contributed by atoms with E-state index in [4.69, 9.17) is 33.2 Å². The van der Waals surface area contributed by atoms with Crippen molar-refractivity contribution in [3.8, 4) is 0 Å². The minimum atomic E-state index is -1.67. The van der Waals surface area contributed by atoms with Gasteiger partial charge in [-0.2, -0.15) is 0 Å². The van der Waals surface area contributed by atoms with E-state index in [2.05, 4.69) is 10.6 Å². The Balaban J connectivity index is 1.77. The van der Waals surface area contributed by atoms with E-state index in [0.29, 0.717) is 13.0 Å². The molecule has 9 N–H and O–H groups in total. The molecule has 51 heavy (non-hydrogen) atoms. The van der Waals surface area contributed by atoms with E-state index in [1.807, 2.05) is 0 Å². The van der Waals surface area contributed by atoms with E-state index in [1.165, 1.54) is 20.8 Å². The second kappa shape index (κ2) is 21.0. The van der Waals surface area contributed by atoms with Crippen molar-refractivity contribution in [3.05, 3.63) is 0 Å². The highest BCUT2D eigenvalue weighted by atomic mass is 16.7. The van der Waals surface area contributed by atoms with Crippen molar-refractivity contribution in [2.45, 2.75) is 158 Å². The third-order valence-electron chi connectivity index (χ3n) is 8.94. The van der Waals surface area contributed by atoms with Gasteiger partial charge < -0.3 is 79.5 Å². The molecule has 3 heterocycles. The second-order valence-corrected chi connectivity index (χ2v) is 13.1. The van der Waals surface area contributed by atoms with Crippen molar-refractivity contribution in [1.82, 2.24) is 10.6 Å². The molecule has 2 amide bonds. The minimum absolute atomic E-state index is 0.171. The van der Waals surface area contributed by atoms with Crippen LogP contribution >= 0.6 is 0 Å². The summed E-state index contributed by atoms with van der Waals surface area (Å²) in [4.78, 5) is 35.2. The topological polar surface area (TPSA) is 281 Å². The van der Waals surface area contributed by atoms with Gasteiger partial charge >= 0.3 is 5.97 Å². The van der Waals surface area contributed by atoms with Crippen LogP contribution in [0.5, 0.6) is 0 Å². The number of amides is 2. The maximum absolute atomic E-state index is 12.3. The van der Waals surface area contributed by atoms with Crippen LogP contribution in [0, 0.1) is 0 Å². The molecule has 19 heteroatoms. The van der Waals surface area contributed by atoms with Gasteiger partial charge in [-0.1, -0.05) is 25.7 Å². The lowest BCUT2D eigenvalue weighted by molar-refractivity contribution is -0.344. The zero-order valence-corrected chi connectivity index (χ0v) is 29.4. The number of nitrogens with one attached hydrogen (secondary N) is 2. The fourth-order valence-corrected chi connectivity index (χ4v) is 6.16. The molecule has 3 rings (SSSR count).